The van der Waals surface area contributed by atoms with Gasteiger partial charge in [-0.3, -0.25) is 4.99 Å². The second kappa shape index (κ2) is 7.96. The molecular weight excluding hydrogens is 358 g/mol. The van der Waals surface area contributed by atoms with Gasteiger partial charge >= 0.3 is 0 Å². The molecule has 148 valence electrons. The Morgan fingerprint density at radius 1 is 1.37 bits per heavy atom. The van der Waals surface area contributed by atoms with Gasteiger partial charge in [0, 0.05) is 36.2 Å². The highest BCUT2D eigenvalue weighted by atomic mass is 32.1. The lowest BCUT2D eigenvalue weighted by Gasteiger charge is -2.25. The van der Waals surface area contributed by atoms with Crippen LogP contribution < -0.4 is 10.6 Å². The number of rotatable bonds is 4. The Labute approximate surface area is 165 Å². The molecule has 27 heavy (non-hydrogen) atoms. The summed E-state index contributed by atoms with van der Waals surface area (Å²) in [5.74, 6) is 3.20. The van der Waals surface area contributed by atoms with Crippen LogP contribution in [-0.2, 0) is 24.9 Å². The molecule has 1 aliphatic rings. The van der Waals surface area contributed by atoms with Crippen molar-refractivity contribution in [2.45, 2.75) is 77.9 Å². The van der Waals surface area contributed by atoms with Crippen LogP contribution in [0.1, 0.15) is 69.3 Å². The molecule has 0 spiro atoms. The van der Waals surface area contributed by atoms with Crippen LogP contribution in [0.4, 0.5) is 0 Å². The lowest BCUT2D eigenvalue weighted by Crippen LogP contribution is -2.46. The molecule has 2 aromatic heterocycles. The molecule has 0 amide bonds. The normalized spacial score (nSPS) is 17.9. The number of aryl methyl sites for hydroxylation is 1. The first-order valence-corrected chi connectivity index (χ1v) is 10.5. The Morgan fingerprint density at radius 3 is 2.78 bits per heavy atom. The van der Waals surface area contributed by atoms with Crippen molar-refractivity contribution in [3.05, 3.63) is 27.7 Å². The van der Waals surface area contributed by atoms with Crippen molar-refractivity contribution in [3.63, 3.8) is 0 Å². The molecule has 2 aromatic rings. The van der Waals surface area contributed by atoms with Crippen LogP contribution in [0, 0.1) is 0 Å². The highest BCUT2D eigenvalue weighted by Gasteiger charge is 2.23. The topological polar surface area (TPSA) is 80.0 Å². The van der Waals surface area contributed by atoms with E-state index in [1.165, 1.54) is 0 Å². The van der Waals surface area contributed by atoms with Crippen LogP contribution in [0.2, 0.25) is 0 Å². The standard InChI is InChI=1S/C19H31N7S/c1-12(2)17-24-15-8-7-13(10-26(15)25-17)22-18(20-6)21-9-16-23-14(11-27-16)19(3,4)5/h11-13H,7-10H2,1-6H3,(H2,20,21,22). The molecule has 0 aliphatic carbocycles. The third-order valence-corrected chi connectivity index (χ3v) is 5.53. The third-order valence-electron chi connectivity index (χ3n) is 4.68. The lowest BCUT2D eigenvalue weighted by atomic mass is 9.93. The molecule has 0 saturated carbocycles. The predicted molar refractivity (Wildman–Crippen MR) is 110 cm³/mol. The number of nitrogens with one attached hydrogen (secondary N) is 2. The van der Waals surface area contributed by atoms with Gasteiger partial charge in [0.05, 0.1) is 18.8 Å². The molecule has 3 rings (SSSR count). The number of hydrogen-bond donors (Lipinski definition) is 2. The number of hydrogen-bond acceptors (Lipinski definition) is 5. The number of nitrogens with zero attached hydrogens (tertiary/aromatic N) is 5. The highest BCUT2D eigenvalue weighted by molar-refractivity contribution is 7.09. The molecule has 0 bridgehead atoms. The molecular formula is C19H31N7S. The van der Waals surface area contributed by atoms with Gasteiger partial charge in [-0.2, -0.15) is 5.10 Å². The number of guanidine groups is 1. The van der Waals surface area contributed by atoms with E-state index >= 15 is 0 Å². The first kappa shape index (κ1) is 19.8. The van der Waals surface area contributed by atoms with E-state index in [1.807, 2.05) is 4.68 Å². The largest absolute Gasteiger partial charge is 0.352 e. The molecule has 0 radical (unpaired) electrons. The minimum atomic E-state index is 0.0844. The van der Waals surface area contributed by atoms with Gasteiger partial charge in [0.15, 0.2) is 11.8 Å². The maximum atomic E-state index is 4.73. The molecule has 3 heterocycles. The summed E-state index contributed by atoms with van der Waals surface area (Å²) in [5.41, 5.74) is 1.22. The summed E-state index contributed by atoms with van der Waals surface area (Å²) in [6, 6.07) is 0.298. The van der Waals surface area contributed by atoms with Crippen molar-refractivity contribution in [2.75, 3.05) is 7.05 Å². The molecule has 0 saturated heterocycles. The van der Waals surface area contributed by atoms with Crippen LogP contribution >= 0.6 is 11.3 Å². The maximum Gasteiger partial charge on any atom is 0.191 e. The summed E-state index contributed by atoms with van der Waals surface area (Å²) in [4.78, 5) is 13.8. The van der Waals surface area contributed by atoms with Crippen LogP contribution in [-0.4, -0.2) is 38.8 Å². The smallest absolute Gasteiger partial charge is 0.191 e. The monoisotopic (exact) mass is 389 g/mol. The first-order valence-electron chi connectivity index (χ1n) is 9.62. The van der Waals surface area contributed by atoms with Crippen molar-refractivity contribution in [1.82, 2.24) is 30.4 Å². The van der Waals surface area contributed by atoms with Gasteiger partial charge in [-0.05, 0) is 6.42 Å². The minimum Gasteiger partial charge on any atom is -0.352 e. The van der Waals surface area contributed by atoms with Gasteiger partial charge in [0.2, 0.25) is 0 Å². The van der Waals surface area contributed by atoms with Gasteiger partial charge in [-0.1, -0.05) is 34.6 Å². The average Bonchev–Trinajstić information content (AvgIpc) is 3.24. The van der Waals surface area contributed by atoms with Crippen molar-refractivity contribution in [1.29, 1.82) is 0 Å². The summed E-state index contributed by atoms with van der Waals surface area (Å²) in [7, 11) is 1.80. The van der Waals surface area contributed by atoms with Gasteiger partial charge in [0.1, 0.15) is 10.8 Å². The van der Waals surface area contributed by atoms with Crippen LogP contribution in [0.25, 0.3) is 0 Å². The highest BCUT2D eigenvalue weighted by Crippen LogP contribution is 2.23. The SMILES string of the molecule is CN=C(NCc1nc(C(C)(C)C)cs1)NC1CCc2nc(C(C)C)nn2C1. The van der Waals surface area contributed by atoms with Crippen LogP contribution in [0.15, 0.2) is 10.4 Å². The molecule has 8 heteroatoms. The fourth-order valence-corrected chi connectivity index (χ4v) is 3.93. The average molecular weight is 390 g/mol. The van der Waals surface area contributed by atoms with E-state index in [4.69, 9.17) is 4.98 Å². The van der Waals surface area contributed by atoms with Crippen molar-refractivity contribution < 1.29 is 0 Å². The molecule has 1 aliphatic heterocycles. The van der Waals surface area contributed by atoms with Crippen LogP contribution in [0.3, 0.4) is 0 Å². The summed E-state index contributed by atoms with van der Waals surface area (Å²) in [6.07, 6.45) is 1.97. The summed E-state index contributed by atoms with van der Waals surface area (Å²) in [5, 5.41) is 14.8. The third kappa shape index (κ3) is 4.86. The number of aromatic nitrogens is 4. The van der Waals surface area contributed by atoms with Crippen molar-refractivity contribution in [2.24, 2.45) is 4.99 Å². The molecule has 2 N–H and O–H groups in total. The van der Waals surface area contributed by atoms with Crippen molar-refractivity contribution >= 4 is 17.3 Å². The zero-order valence-corrected chi connectivity index (χ0v) is 18.0. The Kier molecular flexibility index (Phi) is 5.83. The van der Waals surface area contributed by atoms with Gasteiger partial charge < -0.3 is 10.6 Å². The molecule has 0 fully saturated rings. The van der Waals surface area contributed by atoms with E-state index < -0.39 is 0 Å². The number of thiazole rings is 1. The quantitative estimate of drug-likeness (QED) is 0.621. The predicted octanol–water partition coefficient (Wildman–Crippen LogP) is 2.84. The van der Waals surface area contributed by atoms with E-state index in [2.05, 4.69) is 65.7 Å². The molecule has 1 unspecified atom stereocenters. The van der Waals surface area contributed by atoms with Gasteiger partial charge in [0.25, 0.3) is 0 Å². The van der Waals surface area contributed by atoms with E-state index in [9.17, 15) is 0 Å². The molecule has 7 nitrogen and oxygen atoms in total. The fourth-order valence-electron chi connectivity index (χ4n) is 2.97. The van der Waals surface area contributed by atoms with Gasteiger partial charge in [-0.15, -0.1) is 11.3 Å². The minimum absolute atomic E-state index is 0.0844. The van der Waals surface area contributed by atoms with Gasteiger partial charge in [-0.25, -0.2) is 14.6 Å². The fraction of sp³-hybridized carbons (Fsp3) is 0.684. The Balaban J connectivity index is 1.55. The van der Waals surface area contributed by atoms with Crippen LogP contribution in [0.5, 0.6) is 0 Å². The Morgan fingerprint density at radius 2 is 2.15 bits per heavy atom. The zero-order chi connectivity index (χ0) is 19.6. The Hall–Kier alpha value is -1.96. The van der Waals surface area contributed by atoms with E-state index in [0.717, 1.165) is 47.7 Å². The summed E-state index contributed by atoms with van der Waals surface area (Å²) in [6.45, 7) is 12.3. The van der Waals surface area contributed by atoms with E-state index in [-0.39, 0.29) is 5.41 Å². The number of fused-ring (bicyclic) bond motifs is 1. The molecule has 1 atom stereocenters. The van der Waals surface area contributed by atoms with Crippen molar-refractivity contribution in [3.8, 4) is 0 Å². The number of aliphatic imine (C=N–C) groups is 1. The van der Waals surface area contributed by atoms with E-state index in [0.29, 0.717) is 18.5 Å². The Bertz CT molecular complexity index is 797. The zero-order valence-electron chi connectivity index (χ0n) is 17.2. The maximum absolute atomic E-state index is 4.73. The lowest BCUT2D eigenvalue weighted by molar-refractivity contribution is 0.391. The molecule has 0 aromatic carbocycles. The first-order chi connectivity index (χ1) is 12.8. The second-order valence-electron chi connectivity index (χ2n) is 8.41. The second-order valence-corrected chi connectivity index (χ2v) is 9.35. The summed E-state index contributed by atoms with van der Waals surface area (Å²) >= 11 is 1.69. The van der Waals surface area contributed by atoms with E-state index in [1.54, 1.807) is 18.4 Å². The summed E-state index contributed by atoms with van der Waals surface area (Å²) < 4.78 is 2.04.